The van der Waals surface area contributed by atoms with Crippen LogP contribution in [-0.4, -0.2) is 8.26 Å². The monoisotopic (exact) mass is 437 g/mol. The number of hydroxylamine groups is 1. The van der Waals surface area contributed by atoms with Gasteiger partial charge in [0.15, 0.2) is 0 Å². The zero-order chi connectivity index (χ0) is 16.9. The molecule has 23 heavy (non-hydrogen) atoms. The van der Waals surface area contributed by atoms with Crippen molar-refractivity contribution in [1.29, 1.82) is 0 Å². The Bertz CT molecular complexity index is 688. The second-order valence-corrected chi connectivity index (χ2v) is 5.56. The van der Waals surface area contributed by atoms with E-state index in [0.717, 1.165) is 18.3 Å². The standard InChI is InChI=1S/C14H9F3IN2O3/c15-14(16,17)11-3-6-13(19-9-11)23-12-4-1-10(2-5-12)7-8-20(22)18-21/h1-9H/q-1/b8-7+. The minimum atomic E-state index is -4.44. The lowest BCUT2D eigenvalue weighted by molar-refractivity contribution is -0.137. The van der Waals surface area contributed by atoms with E-state index in [1.807, 2.05) is 0 Å². The van der Waals surface area contributed by atoms with Gasteiger partial charge in [0.2, 0.25) is 5.88 Å². The Morgan fingerprint density at radius 1 is 1.17 bits per heavy atom. The summed E-state index contributed by atoms with van der Waals surface area (Å²) in [6.45, 7) is 0. The number of aromatic nitrogens is 1. The summed E-state index contributed by atoms with van der Waals surface area (Å²) in [5.74, 6) is 0.410. The van der Waals surface area contributed by atoms with Crippen molar-refractivity contribution in [2.24, 2.45) is 0 Å². The maximum Gasteiger partial charge on any atom is 0.417 e. The van der Waals surface area contributed by atoms with Gasteiger partial charge < -0.3 is 13.2 Å². The van der Waals surface area contributed by atoms with E-state index in [2.05, 4.69) is 4.98 Å². The predicted octanol–water partition coefficient (Wildman–Crippen LogP) is 4.89. The van der Waals surface area contributed by atoms with Crippen LogP contribution in [0.2, 0.25) is 0 Å². The molecule has 0 spiro atoms. The number of benzene rings is 1. The molecule has 0 atom stereocenters. The molecule has 0 radical (unpaired) electrons. The molecule has 0 bridgehead atoms. The van der Waals surface area contributed by atoms with Crippen LogP contribution in [0.1, 0.15) is 11.1 Å². The number of rotatable bonds is 5. The Hall–Kier alpha value is -2.01. The second kappa shape index (κ2) is 7.51. The van der Waals surface area contributed by atoms with E-state index in [4.69, 9.17) is 4.74 Å². The van der Waals surface area contributed by atoms with Gasteiger partial charge in [0.05, 0.1) is 5.56 Å². The van der Waals surface area contributed by atoms with Crippen molar-refractivity contribution in [2.75, 3.05) is 0 Å². The second-order valence-electron chi connectivity index (χ2n) is 4.21. The van der Waals surface area contributed by atoms with Gasteiger partial charge >= 0.3 is 6.18 Å². The molecule has 0 aliphatic carbocycles. The molecule has 0 aliphatic rings. The van der Waals surface area contributed by atoms with Crippen molar-refractivity contribution < 1.29 is 21.0 Å². The molecule has 0 fully saturated rings. The summed E-state index contributed by atoms with van der Waals surface area (Å²) in [6.07, 6.45) is -1.12. The van der Waals surface area contributed by atoms with E-state index in [0.29, 0.717) is 20.8 Å². The lowest BCUT2D eigenvalue weighted by Gasteiger charge is -2.13. The molecule has 0 amide bonds. The Balaban J connectivity index is 2.03. The number of ether oxygens (including phenoxy) is 1. The number of pyridine rings is 1. The van der Waals surface area contributed by atoms with Crippen LogP contribution >= 0.6 is 21.5 Å². The minimum Gasteiger partial charge on any atom is -0.748 e. The molecule has 2 rings (SSSR count). The van der Waals surface area contributed by atoms with E-state index in [1.165, 1.54) is 6.08 Å². The van der Waals surface area contributed by atoms with Gasteiger partial charge in [0.1, 0.15) is 5.75 Å². The van der Waals surface area contributed by atoms with Gasteiger partial charge in [-0.1, -0.05) is 12.1 Å². The van der Waals surface area contributed by atoms with Crippen molar-refractivity contribution >= 4 is 27.5 Å². The van der Waals surface area contributed by atoms with Gasteiger partial charge in [-0.15, -0.1) is 0 Å². The summed E-state index contributed by atoms with van der Waals surface area (Å²) in [6, 6.07) is 8.42. The third-order valence-electron chi connectivity index (χ3n) is 2.62. The fourth-order valence-electron chi connectivity index (χ4n) is 1.54. The van der Waals surface area contributed by atoms with Crippen molar-refractivity contribution in [1.82, 2.24) is 8.26 Å². The van der Waals surface area contributed by atoms with Crippen LogP contribution in [0.3, 0.4) is 0 Å². The van der Waals surface area contributed by atoms with Crippen molar-refractivity contribution in [3.05, 3.63) is 65.1 Å². The highest BCUT2D eigenvalue weighted by molar-refractivity contribution is 14.1. The summed E-state index contributed by atoms with van der Waals surface area (Å²) >= 11 is -1.78. The van der Waals surface area contributed by atoms with Crippen LogP contribution in [0, 0.1) is 5.21 Å². The highest BCUT2D eigenvalue weighted by Gasteiger charge is 2.30. The third kappa shape index (κ3) is 5.28. The van der Waals surface area contributed by atoms with Crippen LogP contribution in [0.15, 0.2) is 48.8 Å². The molecule has 0 unspecified atom stereocenters. The van der Waals surface area contributed by atoms with E-state index in [-0.39, 0.29) is 5.88 Å². The Morgan fingerprint density at radius 3 is 2.39 bits per heavy atom. The molecule has 1 aromatic heterocycles. The van der Waals surface area contributed by atoms with Crippen molar-refractivity contribution in [3.63, 3.8) is 0 Å². The number of alkyl halides is 3. The lowest BCUT2D eigenvalue weighted by Crippen LogP contribution is -2.05. The van der Waals surface area contributed by atoms with Crippen LogP contribution in [0.5, 0.6) is 11.6 Å². The zero-order valence-corrected chi connectivity index (χ0v) is 13.5. The summed E-state index contributed by atoms with van der Waals surface area (Å²) in [4.78, 5) is 3.60. The molecule has 1 aromatic carbocycles. The zero-order valence-electron chi connectivity index (χ0n) is 11.3. The average molecular weight is 437 g/mol. The Kier molecular flexibility index (Phi) is 5.66. The molecule has 5 nitrogen and oxygen atoms in total. The summed E-state index contributed by atoms with van der Waals surface area (Å²) in [5.41, 5.74) is -0.176. The number of halogens is 4. The first kappa shape index (κ1) is 17.3. The number of hydrogen-bond acceptors (Lipinski definition) is 4. The van der Waals surface area contributed by atoms with E-state index < -0.39 is 33.2 Å². The molecule has 9 heteroatoms. The van der Waals surface area contributed by atoms with Crippen molar-refractivity contribution in [3.8, 4) is 11.6 Å². The fraction of sp³-hybridized carbons (Fsp3) is 0.0714. The first-order valence-electron chi connectivity index (χ1n) is 6.11. The van der Waals surface area contributed by atoms with Crippen LogP contribution < -0.4 is 4.74 Å². The molecule has 0 saturated carbocycles. The van der Waals surface area contributed by atoms with Gasteiger partial charge in [-0.3, -0.25) is 0 Å². The highest BCUT2D eigenvalue weighted by Crippen LogP contribution is 2.30. The van der Waals surface area contributed by atoms with E-state index in [9.17, 15) is 21.4 Å². The first-order chi connectivity index (χ1) is 10.9. The molecular formula is C14H9F3IN2O3-. The summed E-state index contributed by atoms with van der Waals surface area (Å²) in [7, 11) is 0. The SMILES string of the molecule is O=IN([O-])/C=C/c1ccc(Oc2ccc(C(F)(F)F)cn2)cc1. The minimum absolute atomic E-state index is 0.0307. The Labute approximate surface area is 140 Å². The molecule has 0 aliphatic heterocycles. The Morgan fingerprint density at radius 2 is 1.87 bits per heavy atom. The molecule has 122 valence electrons. The first-order valence-corrected chi connectivity index (χ1v) is 7.96. The average Bonchev–Trinajstić information content (AvgIpc) is 2.53. The van der Waals surface area contributed by atoms with Crippen LogP contribution in [0.25, 0.3) is 6.08 Å². The van der Waals surface area contributed by atoms with Gasteiger partial charge in [0.25, 0.3) is 21.5 Å². The molecule has 1 heterocycles. The van der Waals surface area contributed by atoms with Crippen LogP contribution in [-0.2, 0) is 9.25 Å². The molecule has 0 saturated heterocycles. The van der Waals surface area contributed by atoms with E-state index in [1.54, 1.807) is 24.3 Å². The quantitative estimate of drug-likeness (QED) is 0.379. The predicted molar refractivity (Wildman–Crippen MR) is 84.7 cm³/mol. The van der Waals surface area contributed by atoms with Crippen molar-refractivity contribution in [2.45, 2.75) is 6.18 Å². The molecular weight excluding hydrogens is 428 g/mol. The van der Waals surface area contributed by atoms with Crippen LogP contribution in [0.4, 0.5) is 13.2 Å². The maximum absolute atomic E-state index is 12.4. The maximum atomic E-state index is 12.4. The topological polar surface area (TPSA) is 65.5 Å². The lowest BCUT2D eigenvalue weighted by atomic mass is 10.2. The van der Waals surface area contributed by atoms with Gasteiger partial charge in [-0.2, -0.15) is 13.2 Å². The van der Waals surface area contributed by atoms with Gasteiger partial charge in [-0.25, -0.2) is 8.05 Å². The van der Waals surface area contributed by atoms with Gasteiger partial charge in [-0.05, 0) is 36.0 Å². The summed E-state index contributed by atoms with van der Waals surface area (Å²) in [5, 5.41) is 10.8. The normalized spacial score (nSPS) is 11.7. The largest absolute Gasteiger partial charge is 0.748 e. The third-order valence-corrected chi connectivity index (χ3v) is 3.33. The molecule has 2 aromatic rings. The molecule has 0 N–H and O–H groups in total. The fourth-order valence-corrected chi connectivity index (χ4v) is 1.84. The number of nitrogens with zero attached hydrogens (tertiary/aromatic N) is 2. The highest BCUT2D eigenvalue weighted by atomic mass is 127. The summed E-state index contributed by atoms with van der Waals surface area (Å²) < 4.78 is 53.3. The van der Waals surface area contributed by atoms with E-state index >= 15 is 0 Å². The smallest absolute Gasteiger partial charge is 0.417 e. The van der Waals surface area contributed by atoms with Gasteiger partial charge in [0, 0.05) is 12.3 Å². The number of hydrogen-bond donors (Lipinski definition) is 0.